The van der Waals surface area contributed by atoms with E-state index in [1.807, 2.05) is 6.07 Å². The van der Waals surface area contributed by atoms with Crippen molar-refractivity contribution in [2.45, 2.75) is 6.54 Å². The van der Waals surface area contributed by atoms with Crippen LogP contribution >= 0.6 is 0 Å². The minimum atomic E-state index is -0.207. The van der Waals surface area contributed by atoms with Crippen molar-refractivity contribution in [1.82, 2.24) is 4.90 Å². The van der Waals surface area contributed by atoms with Gasteiger partial charge in [0.15, 0.2) is 6.61 Å². The van der Waals surface area contributed by atoms with Gasteiger partial charge in [0.05, 0.1) is 25.1 Å². The Kier molecular flexibility index (Phi) is 4.81. The molecule has 1 aliphatic heterocycles. The standard InChI is InChI=1S/C17H18N2O5/c1-22-8-6-19(10-13-3-2-7-23-13)17(21)12-4-5-14-15(9-12)24-11-16(20)18-14/h2-5,7,9H,6,8,10-11H2,1H3,(H,18,20). The molecule has 0 bridgehead atoms. The summed E-state index contributed by atoms with van der Waals surface area (Å²) in [6.45, 7) is 1.16. The number of amides is 2. The summed E-state index contributed by atoms with van der Waals surface area (Å²) in [6.07, 6.45) is 1.57. The highest BCUT2D eigenvalue weighted by atomic mass is 16.5. The highest BCUT2D eigenvalue weighted by Crippen LogP contribution is 2.29. The number of ether oxygens (including phenoxy) is 2. The summed E-state index contributed by atoms with van der Waals surface area (Å²) < 4.78 is 15.8. The van der Waals surface area contributed by atoms with E-state index in [0.717, 1.165) is 0 Å². The molecule has 2 heterocycles. The Bertz CT molecular complexity index is 727. The first-order valence-corrected chi connectivity index (χ1v) is 7.54. The molecule has 0 unspecified atom stereocenters. The fourth-order valence-corrected chi connectivity index (χ4v) is 2.43. The van der Waals surface area contributed by atoms with Crippen molar-refractivity contribution >= 4 is 17.5 Å². The summed E-state index contributed by atoms with van der Waals surface area (Å²) in [6, 6.07) is 8.57. The zero-order valence-electron chi connectivity index (χ0n) is 13.3. The average molecular weight is 330 g/mol. The van der Waals surface area contributed by atoms with E-state index in [1.165, 1.54) is 0 Å². The summed E-state index contributed by atoms with van der Waals surface area (Å²) in [5.41, 5.74) is 1.05. The van der Waals surface area contributed by atoms with Crippen molar-refractivity contribution in [2.24, 2.45) is 0 Å². The molecule has 7 nitrogen and oxygen atoms in total. The van der Waals surface area contributed by atoms with Crippen LogP contribution in [0.5, 0.6) is 5.75 Å². The quantitative estimate of drug-likeness (QED) is 0.875. The van der Waals surface area contributed by atoms with Gasteiger partial charge in [0.25, 0.3) is 11.8 Å². The average Bonchev–Trinajstić information content (AvgIpc) is 3.10. The minimum Gasteiger partial charge on any atom is -0.482 e. The number of carbonyl (C=O) groups excluding carboxylic acids is 2. The molecule has 0 aliphatic carbocycles. The molecule has 1 aromatic carbocycles. The lowest BCUT2D eigenvalue weighted by Crippen LogP contribution is -2.33. The summed E-state index contributed by atoms with van der Waals surface area (Å²) in [5, 5.41) is 2.70. The van der Waals surface area contributed by atoms with Crippen LogP contribution in [0, 0.1) is 0 Å². The molecule has 0 radical (unpaired) electrons. The summed E-state index contributed by atoms with van der Waals surface area (Å²) >= 11 is 0. The number of fused-ring (bicyclic) bond motifs is 1. The molecular formula is C17H18N2O5. The van der Waals surface area contributed by atoms with Gasteiger partial charge in [0, 0.05) is 19.2 Å². The van der Waals surface area contributed by atoms with E-state index in [9.17, 15) is 9.59 Å². The van der Waals surface area contributed by atoms with Gasteiger partial charge in [-0.15, -0.1) is 0 Å². The third-order valence-electron chi connectivity index (χ3n) is 3.64. The molecule has 7 heteroatoms. The summed E-state index contributed by atoms with van der Waals surface area (Å²) in [7, 11) is 1.59. The van der Waals surface area contributed by atoms with E-state index in [1.54, 1.807) is 42.5 Å². The van der Waals surface area contributed by atoms with Crippen LogP contribution in [-0.2, 0) is 16.1 Å². The van der Waals surface area contributed by atoms with Crippen LogP contribution < -0.4 is 10.1 Å². The number of carbonyl (C=O) groups is 2. The van der Waals surface area contributed by atoms with E-state index < -0.39 is 0 Å². The topological polar surface area (TPSA) is 81.0 Å². The lowest BCUT2D eigenvalue weighted by Gasteiger charge is -2.23. The number of hydrogen-bond acceptors (Lipinski definition) is 5. The van der Waals surface area contributed by atoms with Crippen molar-refractivity contribution in [3.05, 3.63) is 47.9 Å². The molecule has 0 saturated heterocycles. The molecule has 1 N–H and O–H groups in total. The Hall–Kier alpha value is -2.80. The van der Waals surface area contributed by atoms with Crippen LogP contribution in [0.2, 0.25) is 0 Å². The van der Waals surface area contributed by atoms with Crippen LogP contribution in [0.1, 0.15) is 16.1 Å². The van der Waals surface area contributed by atoms with E-state index >= 15 is 0 Å². The molecule has 1 aromatic heterocycles. The number of rotatable bonds is 6. The second-order valence-corrected chi connectivity index (χ2v) is 5.35. The van der Waals surface area contributed by atoms with Gasteiger partial charge < -0.3 is 24.1 Å². The molecule has 2 aromatic rings. The van der Waals surface area contributed by atoms with Crippen molar-refractivity contribution in [3.8, 4) is 5.75 Å². The van der Waals surface area contributed by atoms with Crippen LogP contribution in [0.4, 0.5) is 5.69 Å². The third-order valence-corrected chi connectivity index (χ3v) is 3.64. The molecule has 3 rings (SSSR count). The maximum atomic E-state index is 12.8. The fraction of sp³-hybridized carbons (Fsp3) is 0.294. The van der Waals surface area contributed by atoms with Gasteiger partial charge in [0.2, 0.25) is 0 Å². The van der Waals surface area contributed by atoms with E-state index in [0.29, 0.717) is 42.5 Å². The smallest absolute Gasteiger partial charge is 0.262 e. The SMILES string of the molecule is COCCN(Cc1ccco1)C(=O)c1ccc2c(c1)OCC(=O)N2. The Morgan fingerprint density at radius 2 is 2.25 bits per heavy atom. The molecule has 0 spiro atoms. The van der Waals surface area contributed by atoms with Gasteiger partial charge >= 0.3 is 0 Å². The number of methoxy groups -OCH3 is 1. The maximum absolute atomic E-state index is 12.8. The van der Waals surface area contributed by atoms with Crippen molar-refractivity contribution in [1.29, 1.82) is 0 Å². The van der Waals surface area contributed by atoms with Crippen LogP contribution in [-0.4, -0.2) is 43.6 Å². The minimum absolute atomic E-state index is 0.0512. The fourth-order valence-electron chi connectivity index (χ4n) is 2.43. The highest BCUT2D eigenvalue weighted by Gasteiger charge is 2.21. The zero-order valence-corrected chi connectivity index (χ0v) is 13.3. The summed E-state index contributed by atoms with van der Waals surface area (Å²) in [5.74, 6) is 0.818. The number of furan rings is 1. The number of benzene rings is 1. The first-order valence-electron chi connectivity index (χ1n) is 7.54. The second kappa shape index (κ2) is 7.18. The van der Waals surface area contributed by atoms with Crippen LogP contribution in [0.15, 0.2) is 41.0 Å². The molecule has 1 aliphatic rings. The molecule has 2 amide bonds. The first kappa shape index (κ1) is 16.1. The van der Waals surface area contributed by atoms with Crippen LogP contribution in [0.25, 0.3) is 0 Å². The normalized spacial score (nSPS) is 13.0. The van der Waals surface area contributed by atoms with Crippen LogP contribution in [0.3, 0.4) is 0 Å². The molecule has 0 saturated carbocycles. The number of nitrogens with zero attached hydrogens (tertiary/aromatic N) is 1. The van der Waals surface area contributed by atoms with Gasteiger partial charge in [-0.05, 0) is 30.3 Å². The Balaban J connectivity index is 1.79. The monoisotopic (exact) mass is 330 g/mol. The van der Waals surface area contributed by atoms with Crippen molar-refractivity contribution in [2.75, 3.05) is 32.2 Å². The van der Waals surface area contributed by atoms with Gasteiger partial charge in [-0.3, -0.25) is 9.59 Å². The van der Waals surface area contributed by atoms with Gasteiger partial charge in [-0.25, -0.2) is 0 Å². The second-order valence-electron chi connectivity index (χ2n) is 5.35. The lowest BCUT2D eigenvalue weighted by atomic mass is 10.1. The third kappa shape index (κ3) is 3.57. The van der Waals surface area contributed by atoms with E-state index in [-0.39, 0.29) is 18.4 Å². The molecule has 24 heavy (non-hydrogen) atoms. The van der Waals surface area contributed by atoms with Gasteiger partial charge in [0.1, 0.15) is 11.5 Å². The van der Waals surface area contributed by atoms with Gasteiger partial charge in [-0.2, -0.15) is 0 Å². The lowest BCUT2D eigenvalue weighted by molar-refractivity contribution is -0.118. The predicted molar refractivity (Wildman–Crippen MR) is 85.9 cm³/mol. The summed E-state index contributed by atoms with van der Waals surface area (Å²) in [4.78, 5) is 25.8. The first-order chi connectivity index (χ1) is 11.7. The highest BCUT2D eigenvalue weighted by molar-refractivity contribution is 5.99. The largest absolute Gasteiger partial charge is 0.482 e. The van der Waals surface area contributed by atoms with Crippen molar-refractivity contribution in [3.63, 3.8) is 0 Å². The Morgan fingerprint density at radius 1 is 1.38 bits per heavy atom. The molecular weight excluding hydrogens is 312 g/mol. The Labute approximate surface area is 139 Å². The predicted octanol–water partition coefficient (Wildman–Crippen LogP) is 1.90. The van der Waals surface area contributed by atoms with Gasteiger partial charge in [-0.1, -0.05) is 0 Å². The van der Waals surface area contributed by atoms with E-state index in [2.05, 4.69) is 5.32 Å². The number of anilines is 1. The van der Waals surface area contributed by atoms with Crippen molar-refractivity contribution < 1.29 is 23.5 Å². The molecule has 126 valence electrons. The number of nitrogens with one attached hydrogen (secondary N) is 1. The zero-order chi connectivity index (χ0) is 16.9. The maximum Gasteiger partial charge on any atom is 0.262 e. The molecule has 0 atom stereocenters. The Morgan fingerprint density at radius 3 is 3.00 bits per heavy atom. The molecule has 0 fully saturated rings. The number of hydrogen-bond donors (Lipinski definition) is 1. The van der Waals surface area contributed by atoms with E-state index in [4.69, 9.17) is 13.9 Å².